The molecule has 0 aromatic carbocycles. The monoisotopic (exact) mass is 244 g/mol. The van der Waals surface area contributed by atoms with Gasteiger partial charge in [-0.25, -0.2) is 0 Å². The largest absolute Gasteiger partial charge is 0.480 e. The molecular weight excluding hydrogens is 224 g/mol. The third-order valence-electron chi connectivity index (χ3n) is 3.62. The molecule has 2 rings (SSSR count). The van der Waals surface area contributed by atoms with Crippen LogP contribution in [0.25, 0.3) is 0 Å². The van der Waals surface area contributed by atoms with Crippen LogP contribution in [0.2, 0.25) is 0 Å². The van der Waals surface area contributed by atoms with Crippen LogP contribution in [0.4, 0.5) is 0 Å². The van der Waals surface area contributed by atoms with E-state index in [1.807, 2.05) is 0 Å². The SMILES string of the molecule is O=C(O)C1(CCCC2CCCO2)CCCS1. The summed E-state index contributed by atoms with van der Waals surface area (Å²) < 4.78 is 5.08. The van der Waals surface area contributed by atoms with E-state index in [1.54, 1.807) is 11.8 Å². The van der Waals surface area contributed by atoms with Crippen LogP contribution < -0.4 is 0 Å². The lowest BCUT2D eigenvalue weighted by atomic mass is 9.95. The van der Waals surface area contributed by atoms with E-state index >= 15 is 0 Å². The molecule has 0 spiro atoms. The molecule has 0 amide bonds. The summed E-state index contributed by atoms with van der Waals surface area (Å²) in [5.74, 6) is 0.397. The molecule has 2 heterocycles. The molecule has 2 aliphatic rings. The maximum Gasteiger partial charge on any atom is 0.319 e. The molecule has 2 atom stereocenters. The number of hydrogen-bond donors (Lipinski definition) is 1. The molecule has 2 unspecified atom stereocenters. The van der Waals surface area contributed by atoms with Gasteiger partial charge in [0, 0.05) is 6.61 Å². The first kappa shape index (κ1) is 12.2. The molecule has 92 valence electrons. The summed E-state index contributed by atoms with van der Waals surface area (Å²) in [6.07, 6.45) is 7.47. The van der Waals surface area contributed by atoms with Crippen LogP contribution in [0.15, 0.2) is 0 Å². The Morgan fingerprint density at radius 2 is 2.38 bits per heavy atom. The third kappa shape index (κ3) is 2.72. The number of aliphatic carboxylic acids is 1. The fourth-order valence-electron chi connectivity index (χ4n) is 2.66. The molecular formula is C12H20O3S. The van der Waals surface area contributed by atoms with Crippen LogP contribution in [0, 0.1) is 0 Å². The summed E-state index contributed by atoms with van der Waals surface area (Å²) >= 11 is 1.64. The highest BCUT2D eigenvalue weighted by Crippen LogP contribution is 2.42. The van der Waals surface area contributed by atoms with Crippen molar-refractivity contribution in [3.8, 4) is 0 Å². The second-order valence-corrected chi connectivity index (χ2v) is 6.26. The summed E-state index contributed by atoms with van der Waals surface area (Å²) in [5.41, 5.74) is 0. The molecule has 0 bridgehead atoms. The van der Waals surface area contributed by atoms with Gasteiger partial charge in [-0.15, -0.1) is 11.8 Å². The van der Waals surface area contributed by atoms with E-state index in [4.69, 9.17) is 4.74 Å². The summed E-state index contributed by atoms with van der Waals surface area (Å²) in [6.45, 7) is 0.892. The molecule has 0 aromatic rings. The number of thioether (sulfide) groups is 1. The van der Waals surface area contributed by atoms with E-state index < -0.39 is 10.7 Å². The smallest absolute Gasteiger partial charge is 0.319 e. The Balaban J connectivity index is 1.76. The minimum absolute atomic E-state index is 0.400. The molecule has 0 aromatic heterocycles. The molecule has 1 N–H and O–H groups in total. The third-order valence-corrected chi connectivity index (χ3v) is 5.25. The summed E-state index contributed by atoms with van der Waals surface area (Å²) in [7, 11) is 0. The molecule has 16 heavy (non-hydrogen) atoms. The fraction of sp³-hybridized carbons (Fsp3) is 0.917. The fourth-order valence-corrected chi connectivity index (χ4v) is 4.04. The average Bonchev–Trinajstić information content (AvgIpc) is 2.88. The molecule has 4 heteroatoms. The number of carboxylic acids is 1. The van der Waals surface area contributed by atoms with Gasteiger partial charge in [0.25, 0.3) is 0 Å². The molecule has 2 saturated heterocycles. The quantitative estimate of drug-likeness (QED) is 0.807. The number of carboxylic acid groups (broad SMARTS) is 1. The summed E-state index contributed by atoms with van der Waals surface area (Å²) in [4.78, 5) is 11.3. The standard InChI is InChI=1S/C12H20O3S/c13-11(14)12(7-3-9-16-12)6-1-4-10-5-2-8-15-10/h10H,1-9H2,(H,13,14). The predicted octanol–water partition coefficient (Wildman–Crippen LogP) is 2.69. The van der Waals surface area contributed by atoms with Crippen molar-refractivity contribution < 1.29 is 14.6 Å². The Kier molecular flexibility index (Phi) is 4.14. The van der Waals surface area contributed by atoms with Crippen LogP contribution in [-0.2, 0) is 9.53 Å². The van der Waals surface area contributed by atoms with Gasteiger partial charge in [-0.1, -0.05) is 0 Å². The van der Waals surface area contributed by atoms with Gasteiger partial charge >= 0.3 is 5.97 Å². The first-order valence-corrected chi connectivity index (χ1v) is 7.20. The van der Waals surface area contributed by atoms with Crippen LogP contribution in [-0.4, -0.2) is 34.3 Å². The highest BCUT2D eigenvalue weighted by molar-refractivity contribution is 8.01. The van der Waals surface area contributed by atoms with E-state index in [2.05, 4.69) is 0 Å². The number of carbonyl (C=O) groups is 1. The van der Waals surface area contributed by atoms with Gasteiger partial charge in [-0.2, -0.15) is 0 Å². The van der Waals surface area contributed by atoms with Crippen molar-refractivity contribution >= 4 is 17.7 Å². The minimum Gasteiger partial charge on any atom is -0.480 e. The minimum atomic E-state index is -0.609. The zero-order valence-corrected chi connectivity index (χ0v) is 10.4. The lowest BCUT2D eigenvalue weighted by molar-refractivity contribution is -0.140. The van der Waals surface area contributed by atoms with E-state index in [1.165, 1.54) is 6.42 Å². The van der Waals surface area contributed by atoms with Gasteiger partial charge < -0.3 is 9.84 Å². The van der Waals surface area contributed by atoms with Crippen molar-refractivity contribution in [2.24, 2.45) is 0 Å². The molecule has 0 radical (unpaired) electrons. The van der Waals surface area contributed by atoms with Crippen molar-refractivity contribution in [1.82, 2.24) is 0 Å². The first-order chi connectivity index (χ1) is 7.73. The topological polar surface area (TPSA) is 46.5 Å². The highest BCUT2D eigenvalue weighted by Gasteiger charge is 2.41. The Morgan fingerprint density at radius 3 is 2.94 bits per heavy atom. The Bertz CT molecular complexity index is 243. The van der Waals surface area contributed by atoms with Crippen molar-refractivity contribution in [2.75, 3.05) is 12.4 Å². The van der Waals surface area contributed by atoms with Gasteiger partial charge in [0.2, 0.25) is 0 Å². The zero-order valence-electron chi connectivity index (χ0n) is 9.61. The molecule has 2 fully saturated rings. The molecule has 3 nitrogen and oxygen atoms in total. The molecule has 0 aliphatic carbocycles. The second kappa shape index (κ2) is 5.41. The van der Waals surface area contributed by atoms with E-state index in [0.29, 0.717) is 6.10 Å². The van der Waals surface area contributed by atoms with Crippen LogP contribution in [0.1, 0.15) is 44.9 Å². The van der Waals surface area contributed by atoms with Crippen molar-refractivity contribution in [3.05, 3.63) is 0 Å². The Hall–Kier alpha value is -0.220. The van der Waals surface area contributed by atoms with Crippen molar-refractivity contribution in [2.45, 2.75) is 55.8 Å². The van der Waals surface area contributed by atoms with Gasteiger partial charge in [-0.05, 0) is 50.7 Å². The predicted molar refractivity (Wildman–Crippen MR) is 64.9 cm³/mol. The molecule has 2 aliphatic heterocycles. The van der Waals surface area contributed by atoms with Gasteiger partial charge in [0.05, 0.1) is 6.10 Å². The molecule has 0 saturated carbocycles. The van der Waals surface area contributed by atoms with E-state index in [-0.39, 0.29) is 0 Å². The zero-order chi connectivity index (χ0) is 11.4. The number of hydrogen-bond acceptors (Lipinski definition) is 3. The summed E-state index contributed by atoms with van der Waals surface area (Å²) in [5, 5.41) is 9.30. The number of rotatable bonds is 5. The second-order valence-electron chi connectivity index (χ2n) is 4.78. The Morgan fingerprint density at radius 1 is 1.50 bits per heavy atom. The van der Waals surface area contributed by atoms with Gasteiger partial charge in [-0.3, -0.25) is 4.79 Å². The maximum atomic E-state index is 11.3. The van der Waals surface area contributed by atoms with E-state index in [0.717, 1.165) is 50.9 Å². The lowest BCUT2D eigenvalue weighted by Crippen LogP contribution is -2.32. The van der Waals surface area contributed by atoms with E-state index in [9.17, 15) is 9.90 Å². The van der Waals surface area contributed by atoms with Crippen LogP contribution in [0.5, 0.6) is 0 Å². The van der Waals surface area contributed by atoms with Gasteiger partial charge in [0.1, 0.15) is 4.75 Å². The maximum absolute atomic E-state index is 11.3. The van der Waals surface area contributed by atoms with Gasteiger partial charge in [0.15, 0.2) is 0 Å². The normalized spacial score (nSPS) is 34.4. The first-order valence-electron chi connectivity index (χ1n) is 6.22. The van der Waals surface area contributed by atoms with Crippen molar-refractivity contribution in [1.29, 1.82) is 0 Å². The lowest BCUT2D eigenvalue weighted by Gasteiger charge is -2.23. The Labute approximate surface area is 101 Å². The number of ether oxygens (including phenoxy) is 1. The van der Waals surface area contributed by atoms with Crippen LogP contribution in [0.3, 0.4) is 0 Å². The van der Waals surface area contributed by atoms with Crippen LogP contribution >= 0.6 is 11.8 Å². The average molecular weight is 244 g/mol. The highest BCUT2D eigenvalue weighted by atomic mass is 32.2. The summed E-state index contributed by atoms with van der Waals surface area (Å²) in [6, 6.07) is 0. The van der Waals surface area contributed by atoms with Crippen molar-refractivity contribution in [3.63, 3.8) is 0 Å².